The summed E-state index contributed by atoms with van der Waals surface area (Å²) in [6, 6.07) is 2.04. The van der Waals surface area contributed by atoms with Gasteiger partial charge >= 0.3 is 6.03 Å². The van der Waals surface area contributed by atoms with Crippen molar-refractivity contribution in [3.63, 3.8) is 0 Å². The van der Waals surface area contributed by atoms with Gasteiger partial charge in [0.05, 0.1) is 12.2 Å². The number of aromatic nitrogens is 1. The fraction of sp³-hybridized carbons (Fsp3) is 0.714. The van der Waals surface area contributed by atoms with Crippen LogP contribution in [0, 0.1) is 25.7 Å². The van der Waals surface area contributed by atoms with Crippen LogP contribution in [0.5, 0.6) is 0 Å². The number of hydrogen-bond acceptors (Lipinski definition) is 3. The molecule has 1 aromatic rings. The average molecular weight is 391 g/mol. The molecule has 2 saturated heterocycles. The SMILES string of the molecule is CNC(=O)N1CCC(C2CCN(C(=O)c3cc(C)n(CCOC)c3C)C2)CC1. The second-order valence-corrected chi connectivity index (χ2v) is 8.11. The van der Waals surface area contributed by atoms with Crippen LogP contribution in [0.2, 0.25) is 0 Å². The Morgan fingerprint density at radius 1 is 1.11 bits per heavy atom. The summed E-state index contributed by atoms with van der Waals surface area (Å²) >= 11 is 0. The molecule has 0 saturated carbocycles. The molecule has 0 aliphatic carbocycles. The molecule has 0 bridgehead atoms. The van der Waals surface area contributed by atoms with Crippen molar-refractivity contribution in [3.8, 4) is 0 Å². The first kappa shape index (κ1) is 20.7. The third kappa shape index (κ3) is 4.19. The number of carbonyl (C=O) groups is 2. The zero-order valence-corrected chi connectivity index (χ0v) is 17.7. The van der Waals surface area contributed by atoms with Gasteiger partial charge in [-0.1, -0.05) is 0 Å². The van der Waals surface area contributed by atoms with Gasteiger partial charge in [0.2, 0.25) is 0 Å². The molecule has 0 spiro atoms. The molecule has 3 heterocycles. The van der Waals surface area contributed by atoms with Crippen molar-refractivity contribution in [1.29, 1.82) is 0 Å². The molecule has 2 fully saturated rings. The van der Waals surface area contributed by atoms with Gasteiger partial charge in [-0.15, -0.1) is 0 Å². The largest absolute Gasteiger partial charge is 0.383 e. The third-order valence-electron chi connectivity index (χ3n) is 6.54. The molecule has 1 N–H and O–H groups in total. The van der Waals surface area contributed by atoms with Crippen molar-refractivity contribution >= 4 is 11.9 Å². The highest BCUT2D eigenvalue weighted by Gasteiger charge is 2.35. The number of urea groups is 1. The summed E-state index contributed by atoms with van der Waals surface area (Å²) in [6.07, 6.45) is 3.14. The lowest BCUT2D eigenvalue weighted by Gasteiger charge is -2.34. The van der Waals surface area contributed by atoms with Crippen LogP contribution < -0.4 is 5.32 Å². The van der Waals surface area contributed by atoms with Crippen LogP contribution in [-0.2, 0) is 11.3 Å². The second-order valence-electron chi connectivity index (χ2n) is 8.11. The van der Waals surface area contributed by atoms with Crippen LogP contribution in [0.3, 0.4) is 0 Å². The van der Waals surface area contributed by atoms with E-state index in [0.717, 1.165) is 68.9 Å². The molecule has 156 valence electrons. The molecule has 1 atom stereocenters. The predicted octanol–water partition coefficient (Wildman–Crippen LogP) is 2.26. The lowest BCUT2D eigenvalue weighted by Crippen LogP contribution is -2.44. The van der Waals surface area contributed by atoms with Crippen molar-refractivity contribution in [3.05, 3.63) is 23.0 Å². The number of piperidine rings is 1. The summed E-state index contributed by atoms with van der Waals surface area (Å²) in [7, 11) is 3.38. The second kappa shape index (κ2) is 8.99. The van der Waals surface area contributed by atoms with Gasteiger partial charge in [0.15, 0.2) is 0 Å². The Bertz CT molecular complexity index is 707. The fourth-order valence-corrected chi connectivity index (χ4v) is 4.80. The predicted molar refractivity (Wildman–Crippen MR) is 109 cm³/mol. The monoisotopic (exact) mass is 390 g/mol. The molecule has 7 heteroatoms. The van der Waals surface area contributed by atoms with Crippen LogP contribution in [0.1, 0.15) is 41.0 Å². The molecule has 3 amide bonds. The summed E-state index contributed by atoms with van der Waals surface area (Å²) in [5.74, 6) is 1.31. The number of methoxy groups -OCH3 is 1. The maximum atomic E-state index is 13.1. The topological polar surface area (TPSA) is 66.8 Å². The van der Waals surface area contributed by atoms with Gasteiger partial charge in [0, 0.05) is 58.3 Å². The Labute approximate surface area is 168 Å². The van der Waals surface area contributed by atoms with Gasteiger partial charge in [-0.3, -0.25) is 4.79 Å². The highest BCUT2D eigenvalue weighted by molar-refractivity contribution is 5.96. The summed E-state index contributed by atoms with van der Waals surface area (Å²) in [5, 5.41) is 2.71. The number of nitrogens with zero attached hydrogens (tertiary/aromatic N) is 3. The molecule has 2 aliphatic heterocycles. The van der Waals surface area contributed by atoms with E-state index in [2.05, 4.69) is 9.88 Å². The number of carbonyl (C=O) groups excluding carboxylic acids is 2. The Hall–Kier alpha value is -2.02. The zero-order valence-electron chi connectivity index (χ0n) is 17.7. The molecule has 28 heavy (non-hydrogen) atoms. The maximum absolute atomic E-state index is 13.1. The van der Waals surface area contributed by atoms with E-state index in [1.807, 2.05) is 29.7 Å². The van der Waals surface area contributed by atoms with E-state index in [0.29, 0.717) is 18.4 Å². The van der Waals surface area contributed by atoms with Crippen LogP contribution in [-0.4, -0.2) is 73.2 Å². The van der Waals surface area contributed by atoms with E-state index in [1.165, 1.54) is 0 Å². The minimum atomic E-state index is 0.0190. The first-order valence-electron chi connectivity index (χ1n) is 10.4. The maximum Gasteiger partial charge on any atom is 0.317 e. The molecule has 7 nitrogen and oxygen atoms in total. The average Bonchev–Trinajstić information content (AvgIpc) is 3.31. The van der Waals surface area contributed by atoms with Crippen molar-refractivity contribution in [2.45, 2.75) is 39.7 Å². The molecule has 0 radical (unpaired) electrons. The van der Waals surface area contributed by atoms with Gasteiger partial charge < -0.3 is 24.4 Å². The van der Waals surface area contributed by atoms with Crippen molar-refractivity contribution in [2.75, 3.05) is 46.9 Å². The number of nitrogens with one attached hydrogen (secondary N) is 1. The van der Waals surface area contributed by atoms with Gasteiger partial charge in [0.1, 0.15) is 0 Å². The Morgan fingerprint density at radius 2 is 1.75 bits per heavy atom. The molecule has 1 unspecified atom stereocenters. The number of hydrogen-bond donors (Lipinski definition) is 1. The first-order valence-corrected chi connectivity index (χ1v) is 10.4. The van der Waals surface area contributed by atoms with Crippen LogP contribution in [0.15, 0.2) is 6.07 Å². The van der Waals surface area contributed by atoms with E-state index in [-0.39, 0.29) is 11.9 Å². The van der Waals surface area contributed by atoms with E-state index < -0.39 is 0 Å². The summed E-state index contributed by atoms with van der Waals surface area (Å²) in [6.45, 7) is 8.79. The van der Waals surface area contributed by atoms with Crippen molar-refractivity contribution in [2.24, 2.45) is 11.8 Å². The van der Waals surface area contributed by atoms with E-state index >= 15 is 0 Å². The van der Waals surface area contributed by atoms with Gasteiger partial charge in [-0.05, 0) is 51.0 Å². The van der Waals surface area contributed by atoms with Gasteiger partial charge in [-0.2, -0.15) is 0 Å². The van der Waals surface area contributed by atoms with Gasteiger partial charge in [-0.25, -0.2) is 4.79 Å². The smallest absolute Gasteiger partial charge is 0.317 e. The quantitative estimate of drug-likeness (QED) is 0.839. The van der Waals surface area contributed by atoms with Crippen LogP contribution >= 0.6 is 0 Å². The lowest BCUT2D eigenvalue weighted by molar-refractivity contribution is 0.0776. The summed E-state index contributed by atoms with van der Waals surface area (Å²) in [4.78, 5) is 28.8. The first-order chi connectivity index (χ1) is 13.5. The standard InChI is InChI=1S/C21H34N4O3/c1-15-13-19(16(2)25(15)11-12-28-4)20(26)24-10-7-18(14-24)17-5-8-23(9-6-17)21(27)22-3/h13,17-18H,5-12,14H2,1-4H3,(H,22,27). The minimum absolute atomic E-state index is 0.0190. The number of aryl methyl sites for hydroxylation is 1. The summed E-state index contributed by atoms with van der Waals surface area (Å²) in [5.41, 5.74) is 2.96. The van der Waals surface area contributed by atoms with Crippen LogP contribution in [0.25, 0.3) is 0 Å². The van der Waals surface area contributed by atoms with E-state index in [4.69, 9.17) is 4.74 Å². The highest BCUT2D eigenvalue weighted by Crippen LogP contribution is 2.33. The Morgan fingerprint density at radius 3 is 2.39 bits per heavy atom. The zero-order chi connectivity index (χ0) is 20.3. The number of likely N-dealkylation sites (tertiary alicyclic amines) is 2. The third-order valence-corrected chi connectivity index (χ3v) is 6.54. The Kier molecular flexibility index (Phi) is 6.65. The molecular formula is C21H34N4O3. The molecular weight excluding hydrogens is 356 g/mol. The minimum Gasteiger partial charge on any atom is -0.383 e. The Balaban J connectivity index is 1.58. The molecule has 2 aliphatic rings. The normalized spacial score (nSPS) is 20.6. The summed E-state index contributed by atoms with van der Waals surface area (Å²) < 4.78 is 7.36. The van der Waals surface area contributed by atoms with Gasteiger partial charge in [0.25, 0.3) is 5.91 Å². The molecule has 0 aromatic carbocycles. The van der Waals surface area contributed by atoms with Crippen LogP contribution in [0.4, 0.5) is 4.79 Å². The number of amides is 3. The number of rotatable bonds is 5. The number of ether oxygens (including phenoxy) is 1. The van der Waals surface area contributed by atoms with Crippen molar-refractivity contribution < 1.29 is 14.3 Å². The lowest BCUT2D eigenvalue weighted by atomic mass is 9.84. The molecule has 3 rings (SSSR count). The van der Waals surface area contributed by atoms with Crippen molar-refractivity contribution in [1.82, 2.24) is 19.7 Å². The molecule has 1 aromatic heterocycles. The van der Waals surface area contributed by atoms with E-state index in [9.17, 15) is 9.59 Å². The fourth-order valence-electron chi connectivity index (χ4n) is 4.80. The van der Waals surface area contributed by atoms with E-state index in [1.54, 1.807) is 14.2 Å². The highest BCUT2D eigenvalue weighted by atomic mass is 16.5.